The minimum Gasteiger partial charge on any atom is -0.363 e. The quantitative estimate of drug-likeness (QED) is 0.656. The van der Waals surface area contributed by atoms with Crippen LogP contribution in [0.2, 0.25) is 5.02 Å². The Morgan fingerprint density at radius 2 is 1.90 bits per heavy atom. The zero-order valence-electron chi connectivity index (χ0n) is 17.1. The monoisotopic (exact) mass is 449 g/mol. The highest BCUT2D eigenvalue weighted by atomic mass is 35.5. The first kappa shape index (κ1) is 22.8. The smallest absolute Gasteiger partial charge is 0.281 e. The molecule has 31 heavy (non-hydrogen) atoms. The maximum absolute atomic E-state index is 14.1. The summed E-state index contributed by atoms with van der Waals surface area (Å²) in [6.45, 7) is -0.603. The summed E-state index contributed by atoms with van der Waals surface area (Å²) >= 11 is 5.94. The molecule has 0 saturated carbocycles. The molecule has 1 aliphatic rings. The Balaban J connectivity index is 1.90. The summed E-state index contributed by atoms with van der Waals surface area (Å²) < 4.78 is 28.1. The number of likely N-dealkylation sites (tertiary alicyclic amines) is 1. The number of hydrogen-bond donors (Lipinski definition) is 1. The van der Waals surface area contributed by atoms with Crippen molar-refractivity contribution in [2.24, 2.45) is 5.18 Å². The van der Waals surface area contributed by atoms with Crippen LogP contribution in [0.1, 0.15) is 11.1 Å². The number of aromatic nitrogens is 1. The average molecular weight is 450 g/mol. The lowest BCUT2D eigenvalue weighted by Gasteiger charge is -2.26. The van der Waals surface area contributed by atoms with Gasteiger partial charge < -0.3 is 10.2 Å². The van der Waals surface area contributed by atoms with E-state index in [4.69, 9.17) is 11.6 Å². The minimum absolute atomic E-state index is 0.0570. The Hall–Kier alpha value is -2.91. The summed E-state index contributed by atoms with van der Waals surface area (Å²) in [5, 5.41) is 6.10. The van der Waals surface area contributed by atoms with Crippen molar-refractivity contribution in [3.05, 3.63) is 69.8 Å². The van der Waals surface area contributed by atoms with E-state index in [9.17, 15) is 18.5 Å². The van der Waals surface area contributed by atoms with Gasteiger partial charge >= 0.3 is 0 Å². The number of benzene rings is 1. The molecule has 1 aromatic heterocycles. The molecular weight excluding hydrogens is 428 g/mol. The number of pyridine rings is 1. The zero-order valence-corrected chi connectivity index (χ0v) is 17.8. The molecule has 1 amide bonds. The largest absolute Gasteiger partial charge is 0.363 e. The van der Waals surface area contributed by atoms with Crippen LogP contribution < -0.4 is 5.32 Å². The van der Waals surface area contributed by atoms with Gasteiger partial charge in [0.05, 0.1) is 18.8 Å². The topological polar surface area (TPSA) is 77.9 Å². The van der Waals surface area contributed by atoms with Crippen LogP contribution in [0.15, 0.2) is 54.0 Å². The molecule has 1 aromatic carbocycles. The van der Waals surface area contributed by atoms with E-state index < -0.39 is 24.4 Å². The highest BCUT2D eigenvalue weighted by Gasteiger charge is 2.47. The van der Waals surface area contributed by atoms with Gasteiger partial charge in [0.1, 0.15) is 11.7 Å². The van der Waals surface area contributed by atoms with Gasteiger partial charge in [-0.1, -0.05) is 23.7 Å². The van der Waals surface area contributed by atoms with Crippen LogP contribution in [-0.4, -0.2) is 66.4 Å². The fraction of sp³-hybridized carbons (Fsp3) is 0.333. The summed E-state index contributed by atoms with van der Waals surface area (Å²) in [7, 11) is 3.17. The van der Waals surface area contributed by atoms with E-state index in [-0.39, 0.29) is 18.8 Å². The highest BCUT2D eigenvalue weighted by molar-refractivity contribution is 6.30. The number of nitrogens with zero attached hydrogens (tertiary/aromatic N) is 4. The summed E-state index contributed by atoms with van der Waals surface area (Å²) in [6, 6.07) is 8.60. The van der Waals surface area contributed by atoms with Crippen LogP contribution in [0.25, 0.3) is 11.4 Å². The molecule has 0 aliphatic carbocycles. The fourth-order valence-corrected chi connectivity index (χ4v) is 3.68. The number of amides is 1. The Kier molecular flexibility index (Phi) is 6.97. The van der Waals surface area contributed by atoms with Gasteiger partial charge in [0.25, 0.3) is 5.92 Å². The second-order valence-corrected chi connectivity index (χ2v) is 7.90. The third-order valence-electron chi connectivity index (χ3n) is 4.97. The lowest BCUT2D eigenvalue weighted by atomic mass is 10.1. The molecule has 1 fully saturated rings. The second kappa shape index (κ2) is 9.49. The molecule has 0 spiro atoms. The third kappa shape index (κ3) is 5.42. The van der Waals surface area contributed by atoms with E-state index in [1.165, 1.54) is 9.80 Å². The lowest BCUT2D eigenvalue weighted by Crippen LogP contribution is -2.49. The standard InChI is InChI=1S/C21H22ClF2N5O2/c1-28-11-17(21(23,24)13-28)26-18(30)12-29(2)20(15-7-9-25-10-8-15)19(27-31)14-3-5-16(22)6-4-14/h3-10,17H,11-13H2,1-2H3,(H,26,30)/b20-19-. The maximum Gasteiger partial charge on any atom is 0.281 e. The summed E-state index contributed by atoms with van der Waals surface area (Å²) in [5.74, 6) is -3.60. The van der Waals surface area contributed by atoms with Crippen molar-refractivity contribution in [2.45, 2.75) is 12.0 Å². The molecule has 1 atom stereocenters. The van der Waals surface area contributed by atoms with Gasteiger partial charge in [-0.2, -0.15) is 0 Å². The zero-order chi connectivity index (χ0) is 22.6. The van der Waals surface area contributed by atoms with Crippen molar-refractivity contribution < 1.29 is 13.6 Å². The number of hydrogen-bond acceptors (Lipinski definition) is 6. The van der Waals surface area contributed by atoms with Gasteiger partial charge in [-0.05, 0) is 36.5 Å². The van der Waals surface area contributed by atoms with Gasteiger partial charge in [0.2, 0.25) is 5.91 Å². The summed E-state index contributed by atoms with van der Waals surface area (Å²) in [6.07, 6.45) is 3.09. The van der Waals surface area contributed by atoms with Gasteiger partial charge in [0, 0.05) is 42.1 Å². The van der Waals surface area contributed by atoms with E-state index in [2.05, 4.69) is 15.5 Å². The summed E-state index contributed by atoms with van der Waals surface area (Å²) in [5.41, 5.74) is 1.55. The number of alkyl halides is 2. The van der Waals surface area contributed by atoms with Crippen LogP contribution in [0.5, 0.6) is 0 Å². The van der Waals surface area contributed by atoms with E-state index in [1.807, 2.05) is 0 Å². The third-order valence-corrected chi connectivity index (χ3v) is 5.22. The Morgan fingerprint density at radius 3 is 2.45 bits per heavy atom. The molecule has 10 heteroatoms. The fourth-order valence-electron chi connectivity index (χ4n) is 3.55. The number of nitroso groups, excluding NO2 is 1. The first-order chi connectivity index (χ1) is 14.7. The highest BCUT2D eigenvalue weighted by Crippen LogP contribution is 2.30. The molecule has 2 heterocycles. The maximum atomic E-state index is 14.1. The first-order valence-electron chi connectivity index (χ1n) is 9.52. The van der Waals surface area contributed by atoms with Crippen LogP contribution >= 0.6 is 11.6 Å². The van der Waals surface area contributed by atoms with E-state index in [0.717, 1.165) is 0 Å². The number of carbonyl (C=O) groups is 1. The van der Waals surface area contributed by atoms with E-state index >= 15 is 0 Å². The molecule has 1 saturated heterocycles. The second-order valence-electron chi connectivity index (χ2n) is 7.47. The van der Waals surface area contributed by atoms with E-state index in [0.29, 0.717) is 21.8 Å². The van der Waals surface area contributed by atoms with Gasteiger partial charge in [-0.25, -0.2) is 8.78 Å². The first-order valence-corrected chi connectivity index (χ1v) is 9.90. The molecule has 2 aromatic rings. The molecule has 1 aliphatic heterocycles. The van der Waals surface area contributed by atoms with E-state index in [1.54, 1.807) is 62.9 Å². The van der Waals surface area contributed by atoms with Gasteiger partial charge in [0.15, 0.2) is 0 Å². The van der Waals surface area contributed by atoms with Crippen molar-refractivity contribution in [1.29, 1.82) is 0 Å². The van der Waals surface area contributed by atoms with Crippen LogP contribution in [0, 0.1) is 4.91 Å². The molecule has 164 valence electrons. The molecule has 0 radical (unpaired) electrons. The number of halogens is 3. The van der Waals surface area contributed by atoms with Crippen LogP contribution in [0.4, 0.5) is 8.78 Å². The molecular formula is C21H22ClF2N5O2. The lowest BCUT2D eigenvalue weighted by molar-refractivity contribution is -0.124. The van der Waals surface area contributed by atoms with Crippen molar-refractivity contribution in [2.75, 3.05) is 33.7 Å². The normalized spacial score (nSPS) is 18.9. The predicted molar refractivity (Wildman–Crippen MR) is 115 cm³/mol. The van der Waals surface area contributed by atoms with Crippen molar-refractivity contribution in [3.8, 4) is 0 Å². The molecule has 1 unspecified atom stereocenters. The van der Waals surface area contributed by atoms with Crippen molar-refractivity contribution in [3.63, 3.8) is 0 Å². The molecule has 3 rings (SSSR count). The van der Waals surface area contributed by atoms with Crippen LogP contribution in [0.3, 0.4) is 0 Å². The van der Waals surface area contributed by atoms with Crippen LogP contribution in [-0.2, 0) is 4.79 Å². The number of carbonyl (C=O) groups excluding carboxylic acids is 1. The molecule has 7 nitrogen and oxygen atoms in total. The minimum atomic E-state index is -3.01. The molecule has 1 N–H and O–H groups in total. The Morgan fingerprint density at radius 1 is 1.26 bits per heavy atom. The molecule has 0 bridgehead atoms. The number of rotatable bonds is 7. The SMILES string of the molecule is CN1CC(NC(=O)CN(C)/C(=C(\N=O)c2ccc(Cl)cc2)c2ccncc2)C(F)(F)C1. The Bertz CT molecular complexity index is 969. The number of likely N-dealkylation sites (N-methyl/N-ethyl adjacent to an activating group) is 2. The van der Waals surface area contributed by atoms with Gasteiger partial charge in [-0.15, -0.1) is 4.91 Å². The van der Waals surface area contributed by atoms with Crippen molar-refractivity contribution in [1.82, 2.24) is 20.1 Å². The van der Waals surface area contributed by atoms with Gasteiger partial charge in [-0.3, -0.25) is 14.7 Å². The predicted octanol–water partition coefficient (Wildman–Crippen LogP) is 3.32. The average Bonchev–Trinajstić information content (AvgIpc) is 2.98. The van der Waals surface area contributed by atoms with Crippen molar-refractivity contribution >= 4 is 28.9 Å². The number of nitrogens with one attached hydrogen (secondary N) is 1. The summed E-state index contributed by atoms with van der Waals surface area (Å²) in [4.78, 5) is 31.3. The Labute approximate surface area is 183 Å².